The summed E-state index contributed by atoms with van der Waals surface area (Å²) in [6.07, 6.45) is 0. The van der Waals surface area contributed by atoms with Crippen LogP contribution in [0.3, 0.4) is 0 Å². The lowest BCUT2D eigenvalue weighted by atomic mass is 10.2. The Bertz CT molecular complexity index is 536. The second kappa shape index (κ2) is 4.92. The van der Waals surface area contributed by atoms with Crippen LogP contribution in [0.5, 0.6) is 0 Å². The first-order valence-corrected chi connectivity index (χ1v) is 6.10. The molecule has 2 rings (SSSR count). The Labute approximate surface area is 108 Å². The summed E-state index contributed by atoms with van der Waals surface area (Å²) in [6, 6.07) is 7.08. The quantitative estimate of drug-likeness (QED) is 0.908. The monoisotopic (exact) mass is 297 g/mol. The zero-order valence-corrected chi connectivity index (χ0v) is 11.3. The van der Waals surface area contributed by atoms with Gasteiger partial charge >= 0.3 is 0 Å². The maximum absolute atomic E-state index is 13.2. The van der Waals surface area contributed by atoms with E-state index in [0.29, 0.717) is 11.0 Å². The number of hydrogen-bond acceptors (Lipinski definition) is 2. The largest absolute Gasteiger partial charge is 0.465 e. The number of furan rings is 1. The molecule has 2 nitrogen and oxygen atoms in total. The predicted molar refractivity (Wildman–Crippen MR) is 69.6 cm³/mol. The van der Waals surface area contributed by atoms with Crippen molar-refractivity contribution in [1.82, 2.24) is 0 Å². The molecule has 0 unspecified atom stereocenters. The van der Waals surface area contributed by atoms with E-state index in [-0.39, 0.29) is 5.82 Å². The first-order chi connectivity index (χ1) is 8.06. The van der Waals surface area contributed by atoms with Crippen molar-refractivity contribution in [1.29, 1.82) is 0 Å². The standard InChI is InChI=1S/C13H13BrFNO/c1-8-5-12(15)11(14)6-13(8)16-7-10-4-3-9(2)17-10/h3-6,16H,7H2,1-2H3. The van der Waals surface area contributed by atoms with Crippen LogP contribution in [-0.2, 0) is 6.54 Å². The number of hydrogen-bond donors (Lipinski definition) is 1. The zero-order chi connectivity index (χ0) is 12.4. The summed E-state index contributed by atoms with van der Waals surface area (Å²) in [7, 11) is 0. The lowest BCUT2D eigenvalue weighted by Gasteiger charge is -2.09. The molecule has 17 heavy (non-hydrogen) atoms. The predicted octanol–water partition coefficient (Wildman–Crippen LogP) is 4.41. The van der Waals surface area contributed by atoms with Crippen molar-refractivity contribution in [3.8, 4) is 0 Å². The van der Waals surface area contributed by atoms with E-state index < -0.39 is 0 Å². The fourth-order valence-electron chi connectivity index (χ4n) is 1.60. The molecule has 1 N–H and O–H groups in total. The van der Waals surface area contributed by atoms with Gasteiger partial charge in [0.05, 0.1) is 11.0 Å². The zero-order valence-electron chi connectivity index (χ0n) is 9.68. The summed E-state index contributed by atoms with van der Waals surface area (Å²) in [5, 5.41) is 3.22. The summed E-state index contributed by atoms with van der Waals surface area (Å²) in [6.45, 7) is 4.36. The Balaban J connectivity index is 2.11. The SMILES string of the molecule is Cc1ccc(CNc2cc(Br)c(F)cc2C)o1. The molecule has 0 saturated heterocycles. The minimum Gasteiger partial charge on any atom is -0.465 e. The normalized spacial score (nSPS) is 10.6. The molecular weight excluding hydrogens is 285 g/mol. The lowest BCUT2D eigenvalue weighted by Crippen LogP contribution is -2.00. The molecule has 0 radical (unpaired) electrons. The molecule has 4 heteroatoms. The Kier molecular flexibility index (Phi) is 3.52. The molecule has 0 saturated carbocycles. The highest BCUT2D eigenvalue weighted by Gasteiger charge is 2.05. The maximum atomic E-state index is 13.2. The molecule has 90 valence electrons. The first kappa shape index (κ1) is 12.2. The molecule has 0 aliphatic carbocycles. The van der Waals surface area contributed by atoms with Crippen molar-refractivity contribution >= 4 is 21.6 Å². The van der Waals surface area contributed by atoms with E-state index in [9.17, 15) is 4.39 Å². The summed E-state index contributed by atoms with van der Waals surface area (Å²) in [4.78, 5) is 0. The summed E-state index contributed by atoms with van der Waals surface area (Å²) in [5.41, 5.74) is 1.77. The average molecular weight is 298 g/mol. The van der Waals surface area contributed by atoms with Gasteiger partial charge in [0.15, 0.2) is 0 Å². The highest BCUT2D eigenvalue weighted by atomic mass is 79.9. The number of nitrogens with one attached hydrogen (secondary N) is 1. The summed E-state index contributed by atoms with van der Waals surface area (Å²) < 4.78 is 19.1. The molecule has 2 aromatic rings. The van der Waals surface area contributed by atoms with Crippen LogP contribution in [0.25, 0.3) is 0 Å². The smallest absolute Gasteiger partial charge is 0.137 e. The van der Waals surface area contributed by atoms with Crippen LogP contribution in [0.4, 0.5) is 10.1 Å². The second-order valence-corrected chi connectivity index (χ2v) is 4.80. The maximum Gasteiger partial charge on any atom is 0.137 e. The molecule has 0 bridgehead atoms. The van der Waals surface area contributed by atoms with Gasteiger partial charge in [-0.05, 0) is 59.6 Å². The molecule has 0 atom stereocenters. The van der Waals surface area contributed by atoms with Crippen molar-refractivity contribution in [2.45, 2.75) is 20.4 Å². The molecule has 0 aliphatic rings. The number of anilines is 1. The van der Waals surface area contributed by atoms with Crippen molar-refractivity contribution in [3.05, 3.63) is 51.6 Å². The van der Waals surface area contributed by atoms with E-state index in [1.54, 1.807) is 6.07 Å². The van der Waals surface area contributed by atoms with Crippen LogP contribution in [0.1, 0.15) is 17.1 Å². The van der Waals surface area contributed by atoms with Crippen LogP contribution in [0, 0.1) is 19.7 Å². The van der Waals surface area contributed by atoms with Crippen molar-refractivity contribution in [2.75, 3.05) is 5.32 Å². The molecule has 0 amide bonds. The van der Waals surface area contributed by atoms with Gasteiger partial charge in [-0.3, -0.25) is 0 Å². The molecular formula is C13H13BrFNO. The molecule has 0 fully saturated rings. The molecule has 0 spiro atoms. The van der Waals surface area contributed by atoms with Crippen LogP contribution in [0.15, 0.2) is 33.2 Å². The van der Waals surface area contributed by atoms with Crippen LogP contribution in [0.2, 0.25) is 0 Å². The minimum atomic E-state index is -0.248. The van der Waals surface area contributed by atoms with Crippen molar-refractivity contribution < 1.29 is 8.81 Å². The Morgan fingerprint density at radius 3 is 2.71 bits per heavy atom. The highest BCUT2D eigenvalue weighted by molar-refractivity contribution is 9.10. The van der Waals surface area contributed by atoms with Gasteiger partial charge in [-0.2, -0.15) is 0 Å². The van der Waals surface area contributed by atoms with E-state index in [0.717, 1.165) is 22.8 Å². The second-order valence-electron chi connectivity index (χ2n) is 3.95. The Hall–Kier alpha value is -1.29. The average Bonchev–Trinajstić information content (AvgIpc) is 2.68. The number of benzene rings is 1. The van der Waals surface area contributed by atoms with Crippen LogP contribution < -0.4 is 5.32 Å². The molecule has 1 aromatic carbocycles. The third-order valence-electron chi connectivity index (χ3n) is 2.52. The first-order valence-electron chi connectivity index (χ1n) is 5.31. The van der Waals surface area contributed by atoms with Gasteiger partial charge < -0.3 is 9.73 Å². The van der Waals surface area contributed by atoms with Gasteiger partial charge in [-0.1, -0.05) is 0 Å². The molecule has 1 aromatic heterocycles. The van der Waals surface area contributed by atoms with Crippen LogP contribution >= 0.6 is 15.9 Å². The number of aryl methyl sites for hydroxylation is 2. The minimum absolute atomic E-state index is 0.248. The third-order valence-corrected chi connectivity index (χ3v) is 3.12. The van der Waals surface area contributed by atoms with Crippen LogP contribution in [-0.4, -0.2) is 0 Å². The topological polar surface area (TPSA) is 25.2 Å². The van der Waals surface area contributed by atoms with E-state index in [2.05, 4.69) is 21.2 Å². The van der Waals surface area contributed by atoms with Gasteiger partial charge in [0.25, 0.3) is 0 Å². The van der Waals surface area contributed by atoms with Gasteiger partial charge in [-0.25, -0.2) is 4.39 Å². The van der Waals surface area contributed by atoms with E-state index in [4.69, 9.17) is 4.42 Å². The number of halogens is 2. The van der Waals surface area contributed by atoms with E-state index in [1.807, 2.05) is 26.0 Å². The summed E-state index contributed by atoms with van der Waals surface area (Å²) in [5.74, 6) is 1.50. The van der Waals surface area contributed by atoms with Crippen molar-refractivity contribution in [2.24, 2.45) is 0 Å². The number of rotatable bonds is 3. The fraction of sp³-hybridized carbons (Fsp3) is 0.231. The lowest BCUT2D eigenvalue weighted by molar-refractivity contribution is 0.490. The van der Waals surface area contributed by atoms with E-state index >= 15 is 0 Å². The molecule has 0 aliphatic heterocycles. The van der Waals surface area contributed by atoms with Gasteiger partial charge in [-0.15, -0.1) is 0 Å². The van der Waals surface area contributed by atoms with Gasteiger partial charge in [0.1, 0.15) is 17.3 Å². The van der Waals surface area contributed by atoms with Gasteiger partial charge in [0, 0.05) is 5.69 Å². The molecule has 1 heterocycles. The fourth-order valence-corrected chi connectivity index (χ4v) is 1.94. The van der Waals surface area contributed by atoms with Crippen molar-refractivity contribution in [3.63, 3.8) is 0 Å². The van der Waals surface area contributed by atoms with Gasteiger partial charge in [0.2, 0.25) is 0 Å². The third kappa shape index (κ3) is 2.88. The highest BCUT2D eigenvalue weighted by Crippen LogP contribution is 2.24. The Morgan fingerprint density at radius 2 is 2.06 bits per heavy atom. The Morgan fingerprint density at radius 1 is 1.29 bits per heavy atom. The van der Waals surface area contributed by atoms with E-state index in [1.165, 1.54) is 6.07 Å². The summed E-state index contributed by atoms with van der Waals surface area (Å²) >= 11 is 3.17.